The Balaban J connectivity index is 2.63. The van der Waals surface area contributed by atoms with Crippen molar-refractivity contribution in [3.05, 3.63) is 34.3 Å². The normalized spacial score (nSPS) is 12.7. The van der Waals surface area contributed by atoms with Gasteiger partial charge in [-0.2, -0.15) is 0 Å². The van der Waals surface area contributed by atoms with Crippen LogP contribution >= 0.6 is 15.9 Å². The molecule has 1 atom stereocenters. The number of halogens is 1. The Kier molecular flexibility index (Phi) is 5.69. The number of benzene rings is 1. The van der Waals surface area contributed by atoms with E-state index < -0.39 is 5.97 Å². The van der Waals surface area contributed by atoms with E-state index in [0.29, 0.717) is 12.3 Å². The van der Waals surface area contributed by atoms with Crippen molar-refractivity contribution in [2.24, 2.45) is 11.8 Å². The Hall–Kier alpha value is -0.830. The van der Waals surface area contributed by atoms with Crippen molar-refractivity contribution in [1.29, 1.82) is 0 Å². The van der Waals surface area contributed by atoms with Crippen LogP contribution in [0.4, 0.5) is 0 Å². The van der Waals surface area contributed by atoms with Gasteiger partial charge >= 0.3 is 5.97 Å². The van der Waals surface area contributed by atoms with Crippen molar-refractivity contribution in [2.45, 2.75) is 33.1 Å². The lowest BCUT2D eigenvalue weighted by atomic mass is 9.92. The van der Waals surface area contributed by atoms with Gasteiger partial charge in [-0.25, -0.2) is 0 Å². The van der Waals surface area contributed by atoms with Crippen LogP contribution < -0.4 is 0 Å². The molecule has 0 aliphatic heterocycles. The smallest absolute Gasteiger partial charge is 0.306 e. The molecule has 0 saturated heterocycles. The van der Waals surface area contributed by atoms with Crippen LogP contribution in [-0.2, 0) is 11.2 Å². The van der Waals surface area contributed by atoms with E-state index in [9.17, 15) is 9.90 Å². The van der Waals surface area contributed by atoms with Crippen LogP contribution in [0.1, 0.15) is 32.3 Å². The summed E-state index contributed by atoms with van der Waals surface area (Å²) in [5.74, 6) is -0.406. The van der Waals surface area contributed by atoms with Gasteiger partial charge in [-0.3, -0.25) is 4.79 Å². The molecule has 0 heterocycles. The van der Waals surface area contributed by atoms with Gasteiger partial charge in [0.05, 0.1) is 5.92 Å². The van der Waals surface area contributed by atoms with Crippen LogP contribution in [0.15, 0.2) is 28.7 Å². The molecule has 0 spiro atoms. The summed E-state index contributed by atoms with van der Waals surface area (Å²) in [5, 5.41) is 9.21. The van der Waals surface area contributed by atoms with E-state index in [1.165, 1.54) is 0 Å². The summed E-state index contributed by atoms with van der Waals surface area (Å²) in [6.07, 6.45) is 2.33. The van der Waals surface area contributed by atoms with Gasteiger partial charge < -0.3 is 5.11 Å². The van der Waals surface area contributed by atoms with E-state index in [1.807, 2.05) is 24.3 Å². The van der Waals surface area contributed by atoms with E-state index in [0.717, 1.165) is 22.9 Å². The highest BCUT2D eigenvalue weighted by atomic mass is 79.9. The molecule has 1 aromatic carbocycles. The lowest BCUT2D eigenvalue weighted by Gasteiger charge is -2.13. The first-order chi connectivity index (χ1) is 7.99. The van der Waals surface area contributed by atoms with Crippen LogP contribution in [0.2, 0.25) is 0 Å². The highest BCUT2D eigenvalue weighted by Crippen LogP contribution is 2.20. The third kappa shape index (κ3) is 5.35. The molecule has 3 heteroatoms. The number of hydrogen-bond acceptors (Lipinski definition) is 1. The number of aliphatic carboxylic acids is 1. The first-order valence-electron chi connectivity index (χ1n) is 5.96. The minimum atomic E-state index is -0.689. The second-order valence-electron chi connectivity index (χ2n) is 4.84. The number of carbonyl (C=O) groups is 1. The summed E-state index contributed by atoms with van der Waals surface area (Å²) < 4.78 is 1.00. The summed E-state index contributed by atoms with van der Waals surface area (Å²) in [5.41, 5.74) is 1.08. The summed E-state index contributed by atoms with van der Waals surface area (Å²) in [4.78, 5) is 11.2. The first kappa shape index (κ1) is 14.2. The number of hydrogen-bond donors (Lipinski definition) is 1. The summed E-state index contributed by atoms with van der Waals surface area (Å²) in [7, 11) is 0. The molecule has 0 aliphatic rings. The van der Waals surface area contributed by atoms with Gasteiger partial charge in [0.2, 0.25) is 0 Å². The number of carboxylic acids is 1. The second kappa shape index (κ2) is 6.80. The average molecular weight is 299 g/mol. The zero-order valence-corrected chi connectivity index (χ0v) is 11.9. The Labute approximate surface area is 111 Å². The molecule has 1 unspecified atom stereocenters. The average Bonchev–Trinajstić information content (AvgIpc) is 2.23. The van der Waals surface area contributed by atoms with Gasteiger partial charge in [0.25, 0.3) is 0 Å². The van der Waals surface area contributed by atoms with E-state index in [4.69, 9.17) is 0 Å². The second-order valence-corrected chi connectivity index (χ2v) is 5.76. The fraction of sp³-hybridized carbons (Fsp3) is 0.500. The minimum absolute atomic E-state index is 0.272. The molecule has 1 N–H and O–H groups in total. The predicted molar refractivity (Wildman–Crippen MR) is 73.0 cm³/mol. The molecule has 17 heavy (non-hydrogen) atoms. The third-order valence-corrected chi connectivity index (χ3v) is 3.31. The van der Waals surface area contributed by atoms with Crippen molar-refractivity contribution < 1.29 is 9.90 Å². The van der Waals surface area contributed by atoms with Crippen molar-refractivity contribution in [1.82, 2.24) is 0 Å². The van der Waals surface area contributed by atoms with Crippen LogP contribution in [0.5, 0.6) is 0 Å². The molecule has 0 radical (unpaired) electrons. The topological polar surface area (TPSA) is 37.3 Å². The van der Waals surface area contributed by atoms with E-state index in [2.05, 4.69) is 29.8 Å². The Morgan fingerprint density at radius 2 is 2.06 bits per heavy atom. The fourth-order valence-electron chi connectivity index (χ4n) is 1.80. The molecule has 1 aromatic rings. The predicted octanol–water partition coefficient (Wildman–Crippen LogP) is 4.13. The summed E-state index contributed by atoms with van der Waals surface area (Å²) in [6, 6.07) is 7.87. The molecule has 1 rings (SSSR count). The van der Waals surface area contributed by atoms with E-state index >= 15 is 0 Å². The summed E-state index contributed by atoms with van der Waals surface area (Å²) >= 11 is 3.40. The molecule has 0 amide bonds. The molecular weight excluding hydrogens is 280 g/mol. The summed E-state index contributed by atoms with van der Waals surface area (Å²) in [6.45, 7) is 4.25. The van der Waals surface area contributed by atoms with Crippen LogP contribution in [0.3, 0.4) is 0 Å². The van der Waals surface area contributed by atoms with Crippen molar-refractivity contribution in [3.63, 3.8) is 0 Å². The quantitative estimate of drug-likeness (QED) is 0.857. The molecule has 94 valence electrons. The van der Waals surface area contributed by atoms with Gasteiger partial charge in [-0.05, 0) is 36.5 Å². The van der Waals surface area contributed by atoms with Crippen molar-refractivity contribution in [3.8, 4) is 0 Å². The van der Waals surface area contributed by atoms with Crippen LogP contribution in [0.25, 0.3) is 0 Å². The molecule has 2 nitrogen and oxygen atoms in total. The largest absolute Gasteiger partial charge is 0.481 e. The molecule has 0 fully saturated rings. The number of carboxylic acid groups (broad SMARTS) is 1. The Morgan fingerprint density at radius 1 is 1.35 bits per heavy atom. The first-order valence-corrected chi connectivity index (χ1v) is 6.75. The molecule has 0 saturated carbocycles. The van der Waals surface area contributed by atoms with Crippen molar-refractivity contribution in [2.75, 3.05) is 0 Å². The monoisotopic (exact) mass is 298 g/mol. The maximum atomic E-state index is 11.2. The van der Waals surface area contributed by atoms with E-state index in [1.54, 1.807) is 0 Å². The highest BCUT2D eigenvalue weighted by molar-refractivity contribution is 9.10. The molecule has 0 bridgehead atoms. The third-order valence-electron chi connectivity index (χ3n) is 2.81. The zero-order valence-electron chi connectivity index (χ0n) is 10.3. The lowest BCUT2D eigenvalue weighted by Crippen LogP contribution is -2.17. The SMILES string of the molecule is CC(C)CCC(Cc1cccc(Br)c1)C(=O)O. The molecular formula is C14H19BrO2. The Morgan fingerprint density at radius 3 is 2.59 bits per heavy atom. The standard InChI is InChI=1S/C14H19BrO2/c1-10(2)6-7-12(14(16)17)8-11-4-3-5-13(15)9-11/h3-5,9-10,12H,6-8H2,1-2H3,(H,16,17). The van der Waals surface area contributed by atoms with Gasteiger partial charge in [-0.1, -0.05) is 48.3 Å². The highest BCUT2D eigenvalue weighted by Gasteiger charge is 2.18. The lowest BCUT2D eigenvalue weighted by molar-refractivity contribution is -0.142. The van der Waals surface area contributed by atoms with Gasteiger partial charge in [0.15, 0.2) is 0 Å². The fourth-order valence-corrected chi connectivity index (χ4v) is 2.24. The maximum Gasteiger partial charge on any atom is 0.306 e. The van der Waals surface area contributed by atoms with E-state index in [-0.39, 0.29) is 5.92 Å². The maximum absolute atomic E-state index is 11.2. The van der Waals surface area contributed by atoms with Gasteiger partial charge in [0.1, 0.15) is 0 Å². The van der Waals surface area contributed by atoms with Gasteiger partial charge in [-0.15, -0.1) is 0 Å². The number of rotatable bonds is 6. The van der Waals surface area contributed by atoms with Crippen LogP contribution in [0, 0.1) is 11.8 Å². The zero-order chi connectivity index (χ0) is 12.8. The van der Waals surface area contributed by atoms with Gasteiger partial charge in [0, 0.05) is 4.47 Å². The molecule has 0 aliphatic carbocycles. The van der Waals surface area contributed by atoms with Crippen molar-refractivity contribution >= 4 is 21.9 Å². The minimum Gasteiger partial charge on any atom is -0.481 e. The Bertz CT molecular complexity index is 374. The molecule has 0 aromatic heterocycles. The van der Waals surface area contributed by atoms with Crippen LogP contribution in [-0.4, -0.2) is 11.1 Å².